The summed E-state index contributed by atoms with van der Waals surface area (Å²) in [5.74, 6) is -0.0241. The van der Waals surface area contributed by atoms with Gasteiger partial charge in [0.25, 0.3) is 0 Å². The summed E-state index contributed by atoms with van der Waals surface area (Å²) in [6.07, 6.45) is 0.181. The monoisotopic (exact) mass is 672 g/mol. The number of likely N-dealkylation sites (tertiary alicyclic amines) is 1. The van der Waals surface area contributed by atoms with E-state index in [4.69, 9.17) is 35.9 Å². The quantitative estimate of drug-likeness (QED) is 0.154. The van der Waals surface area contributed by atoms with Gasteiger partial charge in [0.1, 0.15) is 5.01 Å². The Hall–Kier alpha value is -3.34. The average Bonchev–Trinajstić information content (AvgIpc) is 3.72. The molecule has 0 bridgehead atoms. The van der Waals surface area contributed by atoms with Crippen molar-refractivity contribution in [1.29, 1.82) is 0 Å². The number of ether oxygens (including phenoxy) is 3. The summed E-state index contributed by atoms with van der Waals surface area (Å²) in [7, 11) is 2.03. The van der Waals surface area contributed by atoms with Crippen LogP contribution in [0.5, 0.6) is 0 Å². The minimum Gasteiger partial charge on any atom is -0.464 e. The molecule has 47 heavy (non-hydrogen) atoms. The molecule has 1 unspecified atom stereocenters. The van der Waals surface area contributed by atoms with Gasteiger partial charge in [0.05, 0.1) is 52.9 Å². The first kappa shape index (κ1) is 32.2. The summed E-state index contributed by atoms with van der Waals surface area (Å²) in [6.45, 7) is 13.7. The van der Waals surface area contributed by atoms with Gasteiger partial charge in [0.15, 0.2) is 6.10 Å². The number of aryl methyl sites for hydroxylation is 2. The van der Waals surface area contributed by atoms with Gasteiger partial charge in [-0.15, -0.1) is 11.3 Å². The molecule has 7 rings (SSSR count). The first-order chi connectivity index (χ1) is 22.5. The third-order valence-corrected chi connectivity index (χ3v) is 10.6. The summed E-state index contributed by atoms with van der Waals surface area (Å²) >= 11 is 7.96. The molecular weight excluding hydrogens is 632 g/mol. The highest BCUT2D eigenvalue weighted by atomic mass is 35.5. The zero-order valence-corrected chi connectivity index (χ0v) is 29.4. The number of benzene rings is 3. The van der Waals surface area contributed by atoms with Crippen LogP contribution in [-0.2, 0) is 26.1 Å². The highest BCUT2D eigenvalue weighted by molar-refractivity contribution is 7.22. The largest absolute Gasteiger partial charge is 0.464 e. The van der Waals surface area contributed by atoms with Crippen molar-refractivity contribution in [2.24, 2.45) is 7.05 Å². The van der Waals surface area contributed by atoms with E-state index in [1.165, 1.54) is 5.39 Å². The lowest BCUT2D eigenvalue weighted by molar-refractivity contribution is -0.166. The number of carbonyl (C=O) groups is 1. The molecule has 0 aliphatic carbocycles. The first-order valence-corrected chi connectivity index (χ1v) is 17.5. The Morgan fingerprint density at radius 2 is 1.87 bits per heavy atom. The highest BCUT2D eigenvalue weighted by Gasteiger charge is 2.36. The van der Waals surface area contributed by atoms with Gasteiger partial charge >= 0.3 is 5.97 Å². The van der Waals surface area contributed by atoms with Crippen molar-refractivity contribution in [2.45, 2.75) is 64.7 Å². The number of thiazole rings is 1. The van der Waals surface area contributed by atoms with E-state index < -0.39 is 17.7 Å². The van der Waals surface area contributed by atoms with Crippen molar-refractivity contribution >= 4 is 50.0 Å². The van der Waals surface area contributed by atoms with Gasteiger partial charge in [-0.25, -0.2) is 9.78 Å². The average molecular weight is 673 g/mol. The molecule has 0 radical (unpaired) electrons. The number of carbonyl (C=O) groups excluding carboxylic acids is 1. The highest BCUT2D eigenvalue weighted by Crippen LogP contribution is 2.45. The Morgan fingerprint density at radius 1 is 1.13 bits per heavy atom. The van der Waals surface area contributed by atoms with Crippen LogP contribution in [0.3, 0.4) is 0 Å². The molecule has 2 aliphatic rings. The Morgan fingerprint density at radius 3 is 2.55 bits per heavy atom. The van der Waals surface area contributed by atoms with E-state index in [0.29, 0.717) is 17.0 Å². The van der Waals surface area contributed by atoms with Gasteiger partial charge in [0.2, 0.25) is 0 Å². The number of nitrogens with zero attached hydrogens (tertiary/aromatic N) is 4. The molecular formula is C37H41ClN4O4S. The topological polar surface area (TPSA) is 78.7 Å². The van der Waals surface area contributed by atoms with Crippen molar-refractivity contribution < 1.29 is 19.0 Å². The first-order valence-electron chi connectivity index (χ1n) is 16.3. The van der Waals surface area contributed by atoms with Gasteiger partial charge in [-0.3, -0.25) is 9.58 Å². The molecule has 5 aromatic rings. The SMILES string of the molecule is CCOC(=O)[C@@H](OC(C)(C)C)c1c(C)cc2nc(-c3ccc4c(c3)c(C3CCN(C5COC5)C3)nn4C)sc2c1-c1ccc(Cl)cc1. The van der Waals surface area contributed by atoms with Crippen molar-refractivity contribution in [3.63, 3.8) is 0 Å². The van der Waals surface area contributed by atoms with Crippen molar-refractivity contribution in [2.75, 3.05) is 32.9 Å². The van der Waals surface area contributed by atoms with Crippen LogP contribution in [0.25, 0.3) is 42.8 Å². The molecule has 0 N–H and O–H groups in total. The zero-order chi connectivity index (χ0) is 33.0. The number of halogens is 1. The second-order valence-corrected chi connectivity index (χ2v) is 15.1. The van der Waals surface area contributed by atoms with Crippen LogP contribution >= 0.6 is 22.9 Å². The summed E-state index contributed by atoms with van der Waals surface area (Å²) in [5.41, 5.74) is 7.15. The standard InChI is InChI=1S/C37H41ClN4O4S/c1-7-45-36(43)33(46-37(3,4)5)30-21(2)16-28-34(31(30)22-8-11-25(38)12-9-22)47-35(39-28)23-10-13-29-27(17-23)32(40-41(29)6)24-14-15-42(18-24)26-19-44-20-26/h8-13,16-17,24,26,33H,7,14-15,18-20H2,1-6H3/t24?,33-/m0/s1. The van der Waals surface area contributed by atoms with Crippen LogP contribution in [-0.4, -0.2) is 70.2 Å². The predicted octanol–water partition coefficient (Wildman–Crippen LogP) is 8.09. The van der Waals surface area contributed by atoms with Gasteiger partial charge in [-0.05, 0) is 95.1 Å². The molecule has 10 heteroatoms. The Bertz CT molecular complexity index is 1960. The molecule has 2 fully saturated rings. The predicted molar refractivity (Wildman–Crippen MR) is 188 cm³/mol. The van der Waals surface area contributed by atoms with Gasteiger partial charge < -0.3 is 14.2 Å². The molecule has 2 aromatic heterocycles. The maximum atomic E-state index is 13.5. The van der Waals surface area contributed by atoms with Crippen LogP contribution in [0.15, 0.2) is 48.5 Å². The maximum absolute atomic E-state index is 13.5. The fourth-order valence-electron chi connectivity index (χ4n) is 6.88. The van der Waals surface area contributed by atoms with Gasteiger partial charge in [-0.2, -0.15) is 5.10 Å². The minimum atomic E-state index is -0.914. The van der Waals surface area contributed by atoms with E-state index >= 15 is 0 Å². The fourth-order valence-corrected chi connectivity index (χ4v) is 8.12. The normalized spacial score (nSPS) is 18.2. The number of rotatable bonds is 8. The summed E-state index contributed by atoms with van der Waals surface area (Å²) in [4.78, 5) is 21.3. The van der Waals surface area contributed by atoms with Gasteiger partial charge in [0, 0.05) is 46.6 Å². The smallest absolute Gasteiger partial charge is 0.339 e. The lowest BCUT2D eigenvalue weighted by Crippen LogP contribution is -2.47. The number of fused-ring (bicyclic) bond motifs is 2. The number of esters is 1. The minimum absolute atomic E-state index is 0.262. The fraction of sp³-hybridized carbons (Fsp3) is 0.432. The van der Waals surface area contributed by atoms with E-state index in [9.17, 15) is 4.79 Å². The Kier molecular flexibility index (Phi) is 8.64. The van der Waals surface area contributed by atoms with E-state index in [2.05, 4.69) is 29.2 Å². The third kappa shape index (κ3) is 6.20. The molecule has 246 valence electrons. The third-order valence-electron chi connectivity index (χ3n) is 9.16. The van der Waals surface area contributed by atoms with E-state index in [0.717, 1.165) is 87.0 Å². The Labute approximate surface area is 284 Å². The van der Waals surface area contributed by atoms with Crippen LogP contribution in [0, 0.1) is 6.92 Å². The zero-order valence-electron chi connectivity index (χ0n) is 27.8. The molecule has 0 amide bonds. The Balaban J connectivity index is 1.36. The lowest BCUT2D eigenvalue weighted by Gasteiger charge is -2.34. The second-order valence-electron chi connectivity index (χ2n) is 13.6. The molecule has 2 atom stereocenters. The summed E-state index contributed by atoms with van der Waals surface area (Å²) < 4.78 is 20.5. The summed E-state index contributed by atoms with van der Waals surface area (Å²) in [6, 6.07) is 16.9. The molecule has 0 spiro atoms. The second kappa shape index (κ2) is 12.6. The van der Waals surface area contributed by atoms with Crippen molar-refractivity contribution in [3.8, 4) is 21.7 Å². The summed E-state index contributed by atoms with van der Waals surface area (Å²) in [5, 5.41) is 7.75. The van der Waals surface area contributed by atoms with Crippen LogP contribution in [0.1, 0.15) is 63.0 Å². The molecule has 2 saturated heterocycles. The molecule has 4 heterocycles. The van der Waals surface area contributed by atoms with E-state index in [-0.39, 0.29) is 6.61 Å². The van der Waals surface area contributed by atoms with Crippen LogP contribution < -0.4 is 0 Å². The molecule has 2 aliphatic heterocycles. The number of aromatic nitrogens is 3. The van der Waals surface area contributed by atoms with E-state index in [1.807, 2.05) is 70.6 Å². The van der Waals surface area contributed by atoms with Crippen LogP contribution in [0.4, 0.5) is 0 Å². The maximum Gasteiger partial charge on any atom is 0.339 e. The molecule has 8 nitrogen and oxygen atoms in total. The number of hydrogen-bond acceptors (Lipinski definition) is 8. The lowest BCUT2D eigenvalue weighted by atomic mass is 9.91. The molecule has 0 saturated carbocycles. The van der Waals surface area contributed by atoms with Crippen molar-refractivity contribution in [3.05, 3.63) is 70.4 Å². The molecule has 3 aromatic carbocycles. The van der Waals surface area contributed by atoms with Crippen molar-refractivity contribution in [1.82, 2.24) is 19.7 Å². The van der Waals surface area contributed by atoms with Gasteiger partial charge in [-0.1, -0.05) is 23.7 Å². The van der Waals surface area contributed by atoms with Crippen LogP contribution in [0.2, 0.25) is 5.02 Å². The number of hydrogen-bond donors (Lipinski definition) is 0. The van der Waals surface area contributed by atoms with E-state index in [1.54, 1.807) is 11.3 Å².